The molecule has 1 amide bonds. The number of carbonyl (C=O) groups is 2. The van der Waals surface area contributed by atoms with Crippen LogP contribution < -0.4 is 0 Å². The van der Waals surface area contributed by atoms with E-state index in [0.29, 0.717) is 12.3 Å². The minimum atomic E-state index is 0.107. The number of carbonyl (C=O) groups excluding carboxylic acids is 2. The Bertz CT molecular complexity index is 380. The Labute approximate surface area is 101 Å². The van der Waals surface area contributed by atoms with Crippen LogP contribution in [0.2, 0.25) is 0 Å². The minimum absolute atomic E-state index is 0.107. The molecule has 1 aliphatic rings. The average Bonchev–Trinajstić information content (AvgIpc) is 2.40. The molecule has 0 N–H and O–H groups in total. The van der Waals surface area contributed by atoms with Crippen LogP contribution in [0.15, 0.2) is 30.3 Å². The van der Waals surface area contributed by atoms with Gasteiger partial charge in [-0.2, -0.15) is 0 Å². The Morgan fingerprint density at radius 2 is 1.88 bits per heavy atom. The molecule has 1 aromatic carbocycles. The summed E-state index contributed by atoms with van der Waals surface area (Å²) < 4.78 is 0. The smallest absolute Gasteiger partial charge is 0.253 e. The van der Waals surface area contributed by atoms with E-state index in [2.05, 4.69) is 0 Å². The highest BCUT2D eigenvalue weighted by atomic mass is 16.2. The molecule has 17 heavy (non-hydrogen) atoms. The number of hydrogen-bond acceptors (Lipinski definition) is 2. The van der Waals surface area contributed by atoms with E-state index >= 15 is 0 Å². The lowest BCUT2D eigenvalue weighted by Gasteiger charge is -2.31. The van der Waals surface area contributed by atoms with Crippen LogP contribution in [0, 0.1) is 5.92 Å². The number of aldehydes is 1. The van der Waals surface area contributed by atoms with E-state index in [1.807, 2.05) is 35.2 Å². The standard InChI is InChI=1S/C14H17NO2/c16-11-8-12-6-9-15(10-7-12)14(17)13-4-2-1-3-5-13/h1-5,11-12H,6-10H2. The van der Waals surface area contributed by atoms with Gasteiger partial charge in [0.2, 0.25) is 0 Å². The summed E-state index contributed by atoms with van der Waals surface area (Å²) in [5.74, 6) is 0.572. The fourth-order valence-corrected chi connectivity index (χ4v) is 2.27. The maximum Gasteiger partial charge on any atom is 0.253 e. The van der Waals surface area contributed by atoms with E-state index in [1.165, 1.54) is 0 Å². The van der Waals surface area contributed by atoms with E-state index in [4.69, 9.17) is 0 Å². The summed E-state index contributed by atoms with van der Waals surface area (Å²) in [6, 6.07) is 9.37. The SMILES string of the molecule is O=CCC1CCN(C(=O)c2ccccc2)CC1. The molecule has 1 heterocycles. The molecule has 1 aromatic rings. The summed E-state index contributed by atoms with van der Waals surface area (Å²) in [5, 5.41) is 0. The minimum Gasteiger partial charge on any atom is -0.339 e. The average molecular weight is 231 g/mol. The van der Waals surface area contributed by atoms with E-state index in [9.17, 15) is 9.59 Å². The summed E-state index contributed by atoms with van der Waals surface area (Å²) >= 11 is 0. The Morgan fingerprint density at radius 1 is 1.24 bits per heavy atom. The molecule has 0 aliphatic carbocycles. The second-order valence-electron chi connectivity index (χ2n) is 4.50. The van der Waals surface area contributed by atoms with Gasteiger partial charge in [-0.3, -0.25) is 4.79 Å². The second kappa shape index (κ2) is 5.62. The van der Waals surface area contributed by atoms with Crippen LogP contribution in [-0.4, -0.2) is 30.2 Å². The molecule has 1 aliphatic heterocycles. The van der Waals surface area contributed by atoms with Crippen LogP contribution in [-0.2, 0) is 4.79 Å². The predicted octanol–water partition coefficient (Wildman–Crippen LogP) is 2.13. The Balaban J connectivity index is 1.93. The largest absolute Gasteiger partial charge is 0.339 e. The second-order valence-corrected chi connectivity index (χ2v) is 4.50. The molecular formula is C14H17NO2. The van der Waals surface area contributed by atoms with Gasteiger partial charge in [-0.15, -0.1) is 0 Å². The molecular weight excluding hydrogens is 214 g/mol. The maximum absolute atomic E-state index is 12.1. The van der Waals surface area contributed by atoms with Crippen molar-refractivity contribution in [2.75, 3.05) is 13.1 Å². The van der Waals surface area contributed by atoms with Crippen molar-refractivity contribution in [1.29, 1.82) is 0 Å². The zero-order valence-electron chi connectivity index (χ0n) is 9.84. The zero-order chi connectivity index (χ0) is 12.1. The Kier molecular flexibility index (Phi) is 3.91. The van der Waals surface area contributed by atoms with Gasteiger partial charge >= 0.3 is 0 Å². The van der Waals surface area contributed by atoms with Crippen LogP contribution in [0.4, 0.5) is 0 Å². The topological polar surface area (TPSA) is 37.4 Å². The van der Waals surface area contributed by atoms with Crippen LogP contribution in [0.25, 0.3) is 0 Å². The van der Waals surface area contributed by atoms with Crippen LogP contribution in [0.3, 0.4) is 0 Å². The van der Waals surface area contributed by atoms with Crippen molar-refractivity contribution in [3.05, 3.63) is 35.9 Å². The summed E-state index contributed by atoms with van der Waals surface area (Å²) in [7, 11) is 0. The molecule has 1 saturated heterocycles. The third-order valence-corrected chi connectivity index (χ3v) is 3.35. The van der Waals surface area contributed by atoms with Gasteiger partial charge in [0.15, 0.2) is 0 Å². The Hall–Kier alpha value is -1.64. The van der Waals surface area contributed by atoms with Crippen LogP contribution in [0.5, 0.6) is 0 Å². The number of nitrogens with zero attached hydrogens (tertiary/aromatic N) is 1. The van der Waals surface area contributed by atoms with Gasteiger partial charge in [0, 0.05) is 25.1 Å². The molecule has 2 rings (SSSR count). The molecule has 0 spiro atoms. The predicted molar refractivity (Wildman–Crippen MR) is 65.8 cm³/mol. The van der Waals surface area contributed by atoms with Gasteiger partial charge in [-0.1, -0.05) is 18.2 Å². The molecule has 90 valence electrons. The quantitative estimate of drug-likeness (QED) is 0.747. The lowest BCUT2D eigenvalue weighted by molar-refractivity contribution is -0.108. The monoisotopic (exact) mass is 231 g/mol. The molecule has 3 nitrogen and oxygen atoms in total. The molecule has 1 fully saturated rings. The van der Waals surface area contributed by atoms with E-state index in [1.54, 1.807) is 0 Å². The highest BCUT2D eigenvalue weighted by Gasteiger charge is 2.22. The highest BCUT2D eigenvalue weighted by Crippen LogP contribution is 2.20. The number of piperidine rings is 1. The summed E-state index contributed by atoms with van der Waals surface area (Å²) in [6.07, 6.45) is 3.50. The third kappa shape index (κ3) is 2.93. The number of rotatable bonds is 3. The fourth-order valence-electron chi connectivity index (χ4n) is 2.27. The molecule has 0 aromatic heterocycles. The molecule has 0 radical (unpaired) electrons. The van der Waals surface area contributed by atoms with Gasteiger partial charge in [0.1, 0.15) is 6.29 Å². The zero-order valence-corrected chi connectivity index (χ0v) is 9.84. The molecule has 0 unspecified atom stereocenters. The Morgan fingerprint density at radius 3 is 2.47 bits per heavy atom. The summed E-state index contributed by atoms with van der Waals surface area (Å²) in [5.41, 5.74) is 0.751. The number of benzene rings is 1. The van der Waals surface area contributed by atoms with Gasteiger partial charge in [0.05, 0.1) is 0 Å². The lowest BCUT2D eigenvalue weighted by Crippen LogP contribution is -2.38. The van der Waals surface area contributed by atoms with Crippen molar-refractivity contribution in [1.82, 2.24) is 4.90 Å². The van der Waals surface area contributed by atoms with Gasteiger partial charge in [0.25, 0.3) is 5.91 Å². The van der Waals surface area contributed by atoms with Crippen LogP contribution >= 0.6 is 0 Å². The third-order valence-electron chi connectivity index (χ3n) is 3.35. The molecule has 3 heteroatoms. The lowest BCUT2D eigenvalue weighted by atomic mass is 9.94. The molecule has 0 saturated carbocycles. The highest BCUT2D eigenvalue weighted by molar-refractivity contribution is 5.94. The van der Waals surface area contributed by atoms with Crippen LogP contribution in [0.1, 0.15) is 29.6 Å². The van der Waals surface area contributed by atoms with E-state index < -0.39 is 0 Å². The first-order valence-electron chi connectivity index (χ1n) is 6.09. The van der Waals surface area contributed by atoms with Crippen molar-refractivity contribution in [2.45, 2.75) is 19.3 Å². The van der Waals surface area contributed by atoms with Crippen molar-refractivity contribution in [2.24, 2.45) is 5.92 Å². The first-order valence-corrected chi connectivity index (χ1v) is 6.09. The van der Waals surface area contributed by atoms with E-state index in [0.717, 1.165) is 37.8 Å². The number of hydrogen-bond donors (Lipinski definition) is 0. The van der Waals surface area contributed by atoms with Crippen molar-refractivity contribution in [3.63, 3.8) is 0 Å². The summed E-state index contributed by atoms with van der Waals surface area (Å²) in [4.78, 5) is 24.4. The van der Waals surface area contributed by atoms with Crippen molar-refractivity contribution < 1.29 is 9.59 Å². The van der Waals surface area contributed by atoms with E-state index in [-0.39, 0.29) is 5.91 Å². The molecule has 0 atom stereocenters. The number of amides is 1. The fraction of sp³-hybridized carbons (Fsp3) is 0.429. The van der Waals surface area contributed by atoms with Gasteiger partial charge < -0.3 is 9.69 Å². The van der Waals surface area contributed by atoms with Gasteiger partial charge in [-0.25, -0.2) is 0 Å². The number of likely N-dealkylation sites (tertiary alicyclic amines) is 1. The first-order chi connectivity index (χ1) is 8.31. The first kappa shape index (κ1) is 11.8. The van der Waals surface area contributed by atoms with Crippen molar-refractivity contribution >= 4 is 12.2 Å². The summed E-state index contributed by atoms with van der Waals surface area (Å²) in [6.45, 7) is 1.54. The normalized spacial score (nSPS) is 16.8. The van der Waals surface area contributed by atoms with Gasteiger partial charge in [-0.05, 0) is 30.9 Å². The molecule has 0 bridgehead atoms. The van der Waals surface area contributed by atoms with Crippen molar-refractivity contribution in [3.8, 4) is 0 Å². The maximum atomic E-state index is 12.1.